The van der Waals surface area contributed by atoms with E-state index in [1.807, 2.05) is 0 Å². The van der Waals surface area contributed by atoms with Crippen molar-refractivity contribution in [2.75, 3.05) is 18.0 Å². The second kappa shape index (κ2) is 5.22. The molecule has 1 atom stereocenters. The number of hydrogen-bond acceptors (Lipinski definition) is 4. The predicted octanol–water partition coefficient (Wildman–Crippen LogP) is 2.21. The van der Waals surface area contributed by atoms with Crippen molar-refractivity contribution < 1.29 is 0 Å². The first kappa shape index (κ1) is 13.3. The lowest BCUT2D eigenvalue weighted by atomic mass is 10.1. The van der Waals surface area contributed by atoms with Crippen LogP contribution >= 0.6 is 0 Å². The fourth-order valence-corrected chi connectivity index (χ4v) is 2.11. The molecule has 1 aliphatic rings. The van der Waals surface area contributed by atoms with Crippen LogP contribution in [0, 0.1) is 5.92 Å². The average Bonchev–Trinajstić information content (AvgIpc) is 2.73. The van der Waals surface area contributed by atoms with Crippen LogP contribution in [-0.4, -0.2) is 28.8 Å². The Balaban J connectivity index is 1.93. The van der Waals surface area contributed by atoms with Gasteiger partial charge in [0.1, 0.15) is 0 Å². The molecular formula is C14H24N4. The van der Waals surface area contributed by atoms with Gasteiger partial charge in [-0.3, -0.25) is 0 Å². The van der Waals surface area contributed by atoms with Crippen LogP contribution < -0.4 is 10.2 Å². The molecule has 18 heavy (non-hydrogen) atoms. The number of aromatic nitrogens is 2. The minimum absolute atomic E-state index is 0.116. The van der Waals surface area contributed by atoms with E-state index >= 15 is 0 Å². The Hall–Kier alpha value is -1.16. The third-order valence-corrected chi connectivity index (χ3v) is 3.25. The van der Waals surface area contributed by atoms with Crippen LogP contribution in [0.15, 0.2) is 12.1 Å². The third-order valence-electron chi connectivity index (χ3n) is 3.25. The molecule has 4 heteroatoms. The molecule has 0 spiro atoms. The maximum atomic E-state index is 4.33. The van der Waals surface area contributed by atoms with E-state index < -0.39 is 0 Å². The van der Waals surface area contributed by atoms with Gasteiger partial charge in [-0.1, -0.05) is 6.92 Å². The normalized spacial score (nSPS) is 20.4. The number of anilines is 1. The molecule has 2 rings (SSSR count). The molecule has 1 aliphatic heterocycles. The molecule has 100 valence electrons. The summed E-state index contributed by atoms with van der Waals surface area (Å²) < 4.78 is 0. The van der Waals surface area contributed by atoms with Crippen molar-refractivity contribution in [2.24, 2.45) is 5.92 Å². The summed E-state index contributed by atoms with van der Waals surface area (Å²) in [5.41, 5.74) is 1.12. The van der Waals surface area contributed by atoms with Gasteiger partial charge in [0.25, 0.3) is 0 Å². The summed E-state index contributed by atoms with van der Waals surface area (Å²) in [6.45, 7) is 11.7. The standard InChI is InChI=1S/C14H24N4/c1-11-7-8-18(10-11)13-6-5-12(16-17-13)9-15-14(2,3)4/h5-6,11,15H,7-10H2,1-4H3. The largest absolute Gasteiger partial charge is 0.355 e. The molecule has 4 nitrogen and oxygen atoms in total. The highest BCUT2D eigenvalue weighted by molar-refractivity contribution is 5.38. The van der Waals surface area contributed by atoms with Crippen LogP contribution in [0.3, 0.4) is 0 Å². The summed E-state index contributed by atoms with van der Waals surface area (Å²) in [5.74, 6) is 1.79. The minimum atomic E-state index is 0.116. The van der Waals surface area contributed by atoms with Crippen molar-refractivity contribution in [3.63, 3.8) is 0 Å². The number of hydrogen-bond donors (Lipinski definition) is 1. The van der Waals surface area contributed by atoms with Crippen LogP contribution in [0.1, 0.15) is 39.8 Å². The maximum Gasteiger partial charge on any atom is 0.151 e. The van der Waals surface area contributed by atoms with E-state index in [-0.39, 0.29) is 5.54 Å². The van der Waals surface area contributed by atoms with Crippen LogP contribution in [0.4, 0.5) is 5.82 Å². The van der Waals surface area contributed by atoms with Crippen LogP contribution in [-0.2, 0) is 6.54 Å². The third kappa shape index (κ3) is 3.67. The zero-order valence-electron chi connectivity index (χ0n) is 11.9. The molecule has 0 aliphatic carbocycles. The number of nitrogens with zero attached hydrogens (tertiary/aromatic N) is 3. The van der Waals surface area contributed by atoms with E-state index in [0.717, 1.165) is 37.1 Å². The SMILES string of the molecule is CC1CCN(c2ccc(CNC(C)(C)C)nn2)C1. The van der Waals surface area contributed by atoms with E-state index in [0.29, 0.717) is 0 Å². The van der Waals surface area contributed by atoms with Crippen LogP contribution in [0.5, 0.6) is 0 Å². The fourth-order valence-electron chi connectivity index (χ4n) is 2.11. The van der Waals surface area contributed by atoms with Crippen molar-refractivity contribution >= 4 is 5.82 Å². The Bertz CT molecular complexity index is 380. The lowest BCUT2D eigenvalue weighted by Gasteiger charge is -2.20. The van der Waals surface area contributed by atoms with E-state index in [9.17, 15) is 0 Å². The quantitative estimate of drug-likeness (QED) is 0.890. The summed E-state index contributed by atoms with van der Waals surface area (Å²) in [7, 11) is 0. The van der Waals surface area contributed by atoms with E-state index in [1.54, 1.807) is 0 Å². The van der Waals surface area contributed by atoms with Gasteiger partial charge in [0, 0.05) is 25.2 Å². The Morgan fingerprint density at radius 1 is 1.33 bits per heavy atom. The van der Waals surface area contributed by atoms with Crippen molar-refractivity contribution in [1.29, 1.82) is 0 Å². The Labute approximate surface area is 110 Å². The molecule has 0 saturated carbocycles. The summed E-state index contributed by atoms with van der Waals surface area (Å²) in [5, 5.41) is 12.0. The summed E-state index contributed by atoms with van der Waals surface area (Å²) in [6.07, 6.45) is 1.26. The van der Waals surface area contributed by atoms with E-state index in [2.05, 4.69) is 60.2 Å². The molecule has 0 radical (unpaired) electrons. The Morgan fingerprint density at radius 2 is 2.11 bits per heavy atom. The van der Waals surface area contributed by atoms with E-state index in [4.69, 9.17) is 0 Å². The molecule has 1 unspecified atom stereocenters. The van der Waals surface area contributed by atoms with Gasteiger partial charge in [-0.05, 0) is 45.2 Å². The van der Waals surface area contributed by atoms with Crippen LogP contribution in [0.2, 0.25) is 0 Å². The highest BCUT2D eigenvalue weighted by atomic mass is 15.3. The van der Waals surface area contributed by atoms with Gasteiger partial charge in [0.2, 0.25) is 0 Å². The molecule has 1 saturated heterocycles. The van der Waals surface area contributed by atoms with Crippen LogP contribution in [0.25, 0.3) is 0 Å². The van der Waals surface area contributed by atoms with Gasteiger partial charge in [0.15, 0.2) is 5.82 Å². The highest BCUT2D eigenvalue weighted by Gasteiger charge is 2.20. The Morgan fingerprint density at radius 3 is 2.61 bits per heavy atom. The Kier molecular flexibility index (Phi) is 3.85. The lowest BCUT2D eigenvalue weighted by molar-refractivity contribution is 0.420. The number of nitrogens with one attached hydrogen (secondary N) is 1. The molecule has 1 aromatic heterocycles. The fraction of sp³-hybridized carbons (Fsp3) is 0.714. The zero-order valence-corrected chi connectivity index (χ0v) is 11.9. The monoisotopic (exact) mass is 248 g/mol. The molecule has 1 N–H and O–H groups in total. The van der Waals surface area contributed by atoms with Crippen molar-refractivity contribution in [2.45, 2.75) is 46.2 Å². The molecule has 0 aromatic carbocycles. The summed E-state index contributed by atoms with van der Waals surface area (Å²) in [4.78, 5) is 2.32. The topological polar surface area (TPSA) is 41.0 Å². The first-order valence-corrected chi connectivity index (χ1v) is 6.76. The lowest BCUT2D eigenvalue weighted by Crippen LogP contribution is -2.35. The molecule has 1 aromatic rings. The van der Waals surface area contributed by atoms with Gasteiger partial charge >= 0.3 is 0 Å². The second-order valence-corrected chi connectivity index (χ2v) is 6.33. The molecule has 1 fully saturated rings. The van der Waals surface area contributed by atoms with Crippen molar-refractivity contribution in [1.82, 2.24) is 15.5 Å². The molecule has 0 amide bonds. The van der Waals surface area contributed by atoms with Gasteiger partial charge < -0.3 is 10.2 Å². The van der Waals surface area contributed by atoms with Gasteiger partial charge in [-0.25, -0.2) is 0 Å². The average molecular weight is 248 g/mol. The smallest absolute Gasteiger partial charge is 0.151 e. The molecular weight excluding hydrogens is 224 g/mol. The summed E-state index contributed by atoms with van der Waals surface area (Å²) >= 11 is 0. The van der Waals surface area contributed by atoms with Crippen molar-refractivity contribution in [3.8, 4) is 0 Å². The first-order valence-electron chi connectivity index (χ1n) is 6.76. The minimum Gasteiger partial charge on any atom is -0.355 e. The molecule has 2 heterocycles. The molecule has 0 bridgehead atoms. The first-order chi connectivity index (χ1) is 8.44. The van der Waals surface area contributed by atoms with E-state index in [1.165, 1.54) is 6.42 Å². The number of rotatable bonds is 3. The zero-order chi connectivity index (χ0) is 13.2. The predicted molar refractivity (Wildman–Crippen MR) is 74.6 cm³/mol. The van der Waals surface area contributed by atoms with Gasteiger partial charge in [0.05, 0.1) is 5.69 Å². The highest BCUT2D eigenvalue weighted by Crippen LogP contribution is 2.20. The second-order valence-electron chi connectivity index (χ2n) is 6.33. The van der Waals surface area contributed by atoms with Gasteiger partial charge in [-0.15, -0.1) is 5.10 Å². The maximum absolute atomic E-state index is 4.33. The summed E-state index contributed by atoms with van der Waals surface area (Å²) in [6, 6.07) is 4.16. The van der Waals surface area contributed by atoms with Crippen molar-refractivity contribution in [3.05, 3.63) is 17.8 Å². The van der Waals surface area contributed by atoms with Gasteiger partial charge in [-0.2, -0.15) is 5.10 Å².